The molecule has 0 saturated heterocycles. The van der Waals surface area contributed by atoms with Crippen molar-refractivity contribution in [3.05, 3.63) is 209 Å². The van der Waals surface area contributed by atoms with Gasteiger partial charge in [-0.05, 0) is 92.0 Å². The first-order chi connectivity index (χ1) is 26.5. The van der Waals surface area contributed by atoms with E-state index in [1.54, 1.807) is 12.1 Å². The molecule has 4 nitrogen and oxygen atoms in total. The van der Waals surface area contributed by atoms with Crippen LogP contribution in [0.15, 0.2) is 170 Å². The Bertz CT molecular complexity index is 2760. The fourth-order valence-corrected chi connectivity index (χ4v) is 8.92. The van der Waals surface area contributed by atoms with Crippen LogP contribution >= 0.6 is 0 Å². The Morgan fingerprint density at radius 2 is 0.852 bits per heavy atom. The molecular weight excluding hydrogens is 657 g/mol. The number of nitrogens with zero attached hydrogens (tertiary/aromatic N) is 4. The summed E-state index contributed by atoms with van der Waals surface area (Å²) in [6.45, 7) is 4.72. The van der Waals surface area contributed by atoms with Crippen molar-refractivity contribution in [3.8, 4) is 62.5 Å². The molecule has 1 spiro atoms. The third kappa shape index (κ3) is 4.65. The quantitative estimate of drug-likeness (QED) is 0.184. The van der Waals surface area contributed by atoms with Crippen LogP contribution in [0.1, 0.15) is 52.8 Å². The van der Waals surface area contributed by atoms with Gasteiger partial charge in [-0.3, -0.25) is 0 Å². The average Bonchev–Trinajstić information content (AvgIpc) is 3.53. The summed E-state index contributed by atoms with van der Waals surface area (Å²) in [6, 6.07) is 62.2. The molecular formula is C50H34N4. The maximum atomic E-state index is 9.39. The molecule has 0 saturated carbocycles. The zero-order chi connectivity index (χ0) is 36.4. The molecule has 10 rings (SSSR count). The van der Waals surface area contributed by atoms with Crippen LogP contribution in [-0.4, -0.2) is 15.0 Å². The third-order valence-electron chi connectivity index (χ3n) is 11.4. The van der Waals surface area contributed by atoms with Gasteiger partial charge in [-0.1, -0.05) is 147 Å². The van der Waals surface area contributed by atoms with Gasteiger partial charge in [0, 0.05) is 22.1 Å². The van der Waals surface area contributed by atoms with Crippen molar-refractivity contribution in [1.29, 1.82) is 5.26 Å². The molecule has 0 unspecified atom stereocenters. The molecule has 0 radical (unpaired) electrons. The standard InChI is InChI=1S/C50H34N4/c1-49(2)41-19-8-10-21-43(41)50(44-22-11-9-20-42(44)49)40-18-7-6-17-38(40)39-28-27-36(30-45(39)50)35-15-12-16-37(29-35)48-53-46(33-13-4-3-5-14-33)52-47(54-48)34-25-23-32(31-51)24-26-34/h3-30H,1-2H3. The molecule has 1 heterocycles. The summed E-state index contributed by atoms with van der Waals surface area (Å²) in [5.74, 6) is 1.75. The Labute approximate surface area is 315 Å². The van der Waals surface area contributed by atoms with Crippen LogP contribution in [0, 0.1) is 11.3 Å². The lowest BCUT2D eigenvalue weighted by Gasteiger charge is -2.46. The van der Waals surface area contributed by atoms with Crippen LogP contribution in [-0.2, 0) is 10.8 Å². The normalized spacial score (nSPS) is 14.0. The summed E-state index contributed by atoms with van der Waals surface area (Å²) in [5, 5.41) is 9.39. The first-order valence-electron chi connectivity index (χ1n) is 18.3. The van der Waals surface area contributed by atoms with E-state index in [1.165, 1.54) is 44.5 Å². The number of rotatable bonds is 4. The van der Waals surface area contributed by atoms with Crippen molar-refractivity contribution in [3.63, 3.8) is 0 Å². The highest BCUT2D eigenvalue weighted by Crippen LogP contribution is 2.62. The van der Waals surface area contributed by atoms with Crippen molar-refractivity contribution in [2.45, 2.75) is 24.7 Å². The summed E-state index contributed by atoms with van der Waals surface area (Å²) in [4.78, 5) is 14.9. The third-order valence-corrected chi connectivity index (χ3v) is 11.4. The van der Waals surface area contributed by atoms with Gasteiger partial charge < -0.3 is 0 Å². The van der Waals surface area contributed by atoms with Crippen molar-refractivity contribution < 1.29 is 0 Å². The minimum absolute atomic E-state index is 0.151. The van der Waals surface area contributed by atoms with E-state index < -0.39 is 5.41 Å². The van der Waals surface area contributed by atoms with Crippen molar-refractivity contribution in [2.75, 3.05) is 0 Å². The molecule has 1 aromatic heterocycles. The molecule has 8 aromatic rings. The molecule has 0 bridgehead atoms. The number of fused-ring (bicyclic) bond motifs is 9. The first-order valence-corrected chi connectivity index (χ1v) is 18.3. The van der Waals surface area contributed by atoms with Gasteiger partial charge in [0.2, 0.25) is 0 Å². The fraction of sp³-hybridized carbons (Fsp3) is 0.0800. The second kappa shape index (κ2) is 12.0. The van der Waals surface area contributed by atoms with Gasteiger partial charge in [-0.15, -0.1) is 0 Å². The molecule has 4 heteroatoms. The number of nitriles is 1. The highest BCUT2D eigenvalue weighted by atomic mass is 15.0. The molecule has 254 valence electrons. The summed E-state index contributed by atoms with van der Waals surface area (Å²) < 4.78 is 0. The molecule has 0 fully saturated rings. The zero-order valence-corrected chi connectivity index (χ0v) is 30.0. The van der Waals surface area contributed by atoms with Crippen LogP contribution in [0.2, 0.25) is 0 Å². The molecule has 0 atom stereocenters. The molecule has 2 aliphatic rings. The summed E-state index contributed by atoms with van der Waals surface area (Å²) >= 11 is 0. The molecule has 7 aromatic carbocycles. The van der Waals surface area contributed by atoms with Crippen molar-refractivity contribution in [2.24, 2.45) is 0 Å². The van der Waals surface area contributed by atoms with Crippen LogP contribution < -0.4 is 0 Å². The number of benzene rings is 7. The van der Waals surface area contributed by atoms with Crippen LogP contribution in [0.25, 0.3) is 56.4 Å². The fourth-order valence-electron chi connectivity index (χ4n) is 8.92. The minimum atomic E-state index is -0.461. The topological polar surface area (TPSA) is 62.5 Å². The lowest BCUT2D eigenvalue weighted by Crippen LogP contribution is -2.40. The molecule has 2 aliphatic carbocycles. The minimum Gasteiger partial charge on any atom is -0.208 e. The monoisotopic (exact) mass is 690 g/mol. The van der Waals surface area contributed by atoms with Crippen LogP contribution in [0.3, 0.4) is 0 Å². The van der Waals surface area contributed by atoms with E-state index in [2.05, 4.69) is 135 Å². The zero-order valence-electron chi connectivity index (χ0n) is 30.0. The Kier molecular flexibility index (Phi) is 7.08. The Balaban J connectivity index is 1.16. The van der Waals surface area contributed by atoms with E-state index in [1.807, 2.05) is 42.5 Å². The highest BCUT2D eigenvalue weighted by Gasteiger charge is 2.53. The van der Waals surface area contributed by atoms with Gasteiger partial charge in [-0.2, -0.15) is 5.26 Å². The van der Waals surface area contributed by atoms with Crippen molar-refractivity contribution in [1.82, 2.24) is 15.0 Å². The highest BCUT2D eigenvalue weighted by molar-refractivity contribution is 5.90. The van der Waals surface area contributed by atoms with Crippen molar-refractivity contribution >= 4 is 0 Å². The van der Waals surface area contributed by atoms with E-state index in [4.69, 9.17) is 15.0 Å². The van der Waals surface area contributed by atoms with E-state index in [0.29, 0.717) is 23.0 Å². The lowest BCUT2D eigenvalue weighted by molar-refractivity contribution is 0.563. The lowest BCUT2D eigenvalue weighted by atomic mass is 9.55. The van der Waals surface area contributed by atoms with Gasteiger partial charge in [0.15, 0.2) is 17.5 Å². The van der Waals surface area contributed by atoms with E-state index in [0.717, 1.165) is 27.8 Å². The van der Waals surface area contributed by atoms with E-state index >= 15 is 0 Å². The van der Waals surface area contributed by atoms with Gasteiger partial charge in [0.1, 0.15) is 0 Å². The van der Waals surface area contributed by atoms with Gasteiger partial charge in [0.25, 0.3) is 0 Å². The van der Waals surface area contributed by atoms with Crippen LogP contribution in [0.5, 0.6) is 0 Å². The van der Waals surface area contributed by atoms with Gasteiger partial charge in [-0.25, -0.2) is 15.0 Å². The molecule has 0 amide bonds. The SMILES string of the molecule is CC1(C)c2ccccc2C2(c3ccccc3-c3ccc(-c4cccc(-c5nc(-c6ccccc6)nc(-c6ccc(C#N)cc6)n5)c4)cc32)c2ccccc21. The maximum absolute atomic E-state index is 9.39. The largest absolute Gasteiger partial charge is 0.208 e. The van der Waals surface area contributed by atoms with E-state index in [-0.39, 0.29) is 5.41 Å². The Hall–Kier alpha value is -6.96. The first kappa shape index (κ1) is 31.7. The average molecular weight is 691 g/mol. The van der Waals surface area contributed by atoms with Gasteiger partial charge >= 0.3 is 0 Å². The molecule has 0 aliphatic heterocycles. The van der Waals surface area contributed by atoms with E-state index in [9.17, 15) is 5.26 Å². The Morgan fingerprint density at radius 1 is 0.389 bits per heavy atom. The second-order valence-corrected chi connectivity index (χ2v) is 14.7. The number of aromatic nitrogens is 3. The van der Waals surface area contributed by atoms with Crippen LogP contribution in [0.4, 0.5) is 0 Å². The predicted octanol–water partition coefficient (Wildman–Crippen LogP) is 11.4. The van der Waals surface area contributed by atoms with Gasteiger partial charge in [0.05, 0.1) is 17.0 Å². The number of hydrogen-bond donors (Lipinski definition) is 0. The molecule has 54 heavy (non-hydrogen) atoms. The summed E-state index contributed by atoms with van der Waals surface area (Å²) in [6.07, 6.45) is 0. The maximum Gasteiger partial charge on any atom is 0.164 e. The molecule has 0 N–H and O–H groups in total. The second-order valence-electron chi connectivity index (χ2n) is 14.7. The Morgan fingerprint density at radius 3 is 1.50 bits per heavy atom. The smallest absolute Gasteiger partial charge is 0.164 e. The summed E-state index contributed by atoms with van der Waals surface area (Å²) in [7, 11) is 0. The number of hydrogen-bond acceptors (Lipinski definition) is 4. The predicted molar refractivity (Wildman–Crippen MR) is 216 cm³/mol. The summed E-state index contributed by atoms with van der Waals surface area (Å²) in [5.41, 5.74) is 15.4.